The van der Waals surface area contributed by atoms with Crippen LogP contribution < -0.4 is 14.4 Å². The van der Waals surface area contributed by atoms with Crippen molar-refractivity contribution < 1.29 is 29.0 Å². The van der Waals surface area contributed by atoms with Crippen LogP contribution in [0.5, 0.6) is 11.5 Å². The van der Waals surface area contributed by atoms with Gasteiger partial charge in [-0.3, -0.25) is 19.3 Å². The van der Waals surface area contributed by atoms with Crippen molar-refractivity contribution in [1.82, 2.24) is 4.90 Å². The number of imide groups is 1. The fraction of sp³-hybridized carbons (Fsp3) is 0.250. The molecule has 0 fully saturated rings. The van der Waals surface area contributed by atoms with E-state index in [1.165, 1.54) is 10.5 Å². The van der Waals surface area contributed by atoms with Crippen molar-refractivity contribution in [2.45, 2.75) is 52.0 Å². The second-order valence-corrected chi connectivity index (χ2v) is 11.3. The molecule has 44 heavy (non-hydrogen) atoms. The van der Waals surface area contributed by atoms with E-state index in [9.17, 15) is 19.5 Å². The number of rotatable bonds is 10. The number of methoxy groups -OCH3 is 1. The number of hydrogen-bond donors (Lipinski definition) is 1. The summed E-state index contributed by atoms with van der Waals surface area (Å²) < 4.78 is 11.9. The molecule has 0 spiro atoms. The molecule has 2 unspecified atom stereocenters. The molecule has 4 aromatic rings. The zero-order chi connectivity index (χ0) is 31.0. The van der Waals surface area contributed by atoms with E-state index < -0.39 is 5.91 Å². The minimum Gasteiger partial charge on any atom is -0.493 e. The minimum atomic E-state index is -0.411. The molecule has 224 valence electrons. The molecule has 0 radical (unpaired) electrons. The Bertz CT molecular complexity index is 1750. The molecule has 0 saturated carbocycles. The molecule has 4 aromatic carbocycles. The molecule has 2 heterocycles. The Balaban J connectivity index is 1.20. The van der Waals surface area contributed by atoms with Gasteiger partial charge in [0.25, 0.3) is 17.7 Å². The van der Waals surface area contributed by atoms with Crippen LogP contribution in [0.1, 0.15) is 79.6 Å². The van der Waals surface area contributed by atoms with Crippen LogP contribution in [0.4, 0.5) is 5.69 Å². The van der Waals surface area contributed by atoms with Crippen molar-refractivity contribution in [3.05, 3.63) is 124 Å². The third kappa shape index (κ3) is 5.33. The van der Waals surface area contributed by atoms with Gasteiger partial charge in [-0.05, 0) is 79.3 Å². The number of ether oxygens (including phenoxy) is 2. The predicted molar refractivity (Wildman–Crippen MR) is 166 cm³/mol. The second-order valence-electron chi connectivity index (χ2n) is 11.3. The molecule has 0 aromatic heterocycles. The van der Waals surface area contributed by atoms with Crippen molar-refractivity contribution >= 4 is 23.4 Å². The number of amides is 3. The molecule has 8 nitrogen and oxygen atoms in total. The van der Waals surface area contributed by atoms with Crippen molar-refractivity contribution in [2.75, 3.05) is 12.0 Å². The van der Waals surface area contributed by atoms with E-state index in [0.717, 1.165) is 18.4 Å². The fourth-order valence-corrected chi connectivity index (χ4v) is 6.00. The molecule has 1 N–H and O–H groups in total. The summed E-state index contributed by atoms with van der Waals surface area (Å²) in [4.78, 5) is 42.8. The van der Waals surface area contributed by atoms with Gasteiger partial charge >= 0.3 is 0 Å². The van der Waals surface area contributed by atoms with Gasteiger partial charge in [0.05, 0.1) is 43.5 Å². The number of anilines is 1. The fourth-order valence-electron chi connectivity index (χ4n) is 6.00. The SMILES string of the molecule is COc1ccc(N2C(=O)c3cc(CN4C(=O)c5ccc(CO)cc5C4=O)ccc3C2C)cc1OC(C)CCc1ccccc1. The third-order valence-electron chi connectivity index (χ3n) is 8.40. The molecular weight excluding hydrogens is 556 g/mol. The van der Waals surface area contributed by atoms with Gasteiger partial charge in [0.1, 0.15) is 0 Å². The van der Waals surface area contributed by atoms with Gasteiger partial charge < -0.3 is 19.5 Å². The number of aliphatic hydroxyl groups is 1. The van der Waals surface area contributed by atoms with Crippen LogP contribution in [0.2, 0.25) is 0 Å². The van der Waals surface area contributed by atoms with Crippen LogP contribution >= 0.6 is 0 Å². The largest absolute Gasteiger partial charge is 0.493 e. The highest BCUT2D eigenvalue weighted by Crippen LogP contribution is 2.41. The Morgan fingerprint density at radius 2 is 1.50 bits per heavy atom. The summed E-state index contributed by atoms with van der Waals surface area (Å²) in [6.07, 6.45) is 1.62. The van der Waals surface area contributed by atoms with Crippen LogP contribution in [-0.4, -0.2) is 40.9 Å². The maximum absolute atomic E-state index is 13.8. The van der Waals surface area contributed by atoms with Crippen LogP contribution in [0.25, 0.3) is 0 Å². The van der Waals surface area contributed by atoms with Crippen molar-refractivity contribution in [2.24, 2.45) is 0 Å². The van der Waals surface area contributed by atoms with Crippen LogP contribution in [0.15, 0.2) is 84.9 Å². The summed E-state index contributed by atoms with van der Waals surface area (Å²) in [5.74, 6) is 0.187. The van der Waals surface area contributed by atoms with E-state index in [4.69, 9.17) is 9.47 Å². The molecule has 8 heteroatoms. The standard InChI is InChI=1S/C36H34N2O6/c1-22(9-10-24-7-5-4-6-8-24)44-33-19-27(13-16-32(33)43-3)38-23(2)28-14-11-25(17-30(28)36(38)42)20-37-34(40)29-15-12-26(21-39)18-31(29)35(37)41/h4-8,11-19,22-23,39H,9-10,20-21H2,1-3H3. The van der Waals surface area contributed by atoms with E-state index in [1.807, 2.05) is 62.4 Å². The van der Waals surface area contributed by atoms with Gasteiger partial charge in [-0.2, -0.15) is 0 Å². The minimum absolute atomic E-state index is 0.0388. The van der Waals surface area contributed by atoms with Gasteiger partial charge in [-0.15, -0.1) is 0 Å². The first-order chi connectivity index (χ1) is 21.3. The maximum atomic E-state index is 13.8. The first kappa shape index (κ1) is 29.1. The van der Waals surface area contributed by atoms with Gasteiger partial charge in [0, 0.05) is 17.3 Å². The lowest BCUT2D eigenvalue weighted by Gasteiger charge is -2.24. The number of nitrogens with zero attached hydrogens (tertiary/aromatic N) is 2. The zero-order valence-corrected chi connectivity index (χ0v) is 24.9. The highest BCUT2D eigenvalue weighted by Gasteiger charge is 2.38. The normalized spacial score (nSPS) is 16.3. The first-order valence-electron chi connectivity index (χ1n) is 14.7. The summed E-state index contributed by atoms with van der Waals surface area (Å²) in [5.41, 5.74) is 5.17. The number of carbonyl (C=O) groups is 3. The molecule has 0 saturated heterocycles. The lowest BCUT2D eigenvalue weighted by molar-refractivity contribution is 0.0642. The molecular formula is C36H34N2O6. The zero-order valence-electron chi connectivity index (χ0n) is 24.9. The number of hydrogen-bond acceptors (Lipinski definition) is 6. The molecule has 0 aliphatic carbocycles. The van der Waals surface area contributed by atoms with Crippen LogP contribution in [-0.2, 0) is 19.6 Å². The van der Waals surface area contributed by atoms with E-state index in [2.05, 4.69) is 12.1 Å². The van der Waals surface area contributed by atoms with E-state index in [0.29, 0.717) is 39.4 Å². The lowest BCUT2D eigenvalue weighted by Crippen LogP contribution is -2.29. The van der Waals surface area contributed by atoms with E-state index >= 15 is 0 Å². The quantitative estimate of drug-likeness (QED) is 0.224. The number of benzene rings is 4. The van der Waals surface area contributed by atoms with E-state index in [1.54, 1.807) is 36.3 Å². The Hall–Kier alpha value is -4.95. The smallest absolute Gasteiger partial charge is 0.261 e. The third-order valence-corrected chi connectivity index (χ3v) is 8.40. The van der Waals surface area contributed by atoms with Gasteiger partial charge in [0.15, 0.2) is 11.5 Å². The Kier molecular flexibility index (Phi) is 7.93. The topological polar surface area (TPSA) is 96.4 Å². The van der Waals surface area contributed by atoms with Gasteiger partial charge in [-0.1, -0.05) is 48.5 Å². The molecule has 0 bridgehead atoms. The summed E-state index contributed by atoms with van der Waals surface area (Å²) >= 11 is 0. The highest BCUT2D eigenvalue weighted by atomic mass is 16.5. The average Bonchev–Trinajstić information content (AvgIpc) is 3.43. The number of fused-ring (bicyclic) bond motifs is 2. The van der Waals surface area contributed by atoms with Crippen molar-refractivity contribution in [1.29, 1.82) is 0 Å². The van der Waals surface area contributed by atoms with E-state index in [-0.39, 0.29) is 42.7 Å². The number of aliphatic hydroxyl groups excluding tert-OH is 1. The molecule has 3 amide bonds. The molecule has 6 rings (SSSR count). The molecule has 2 aliphatic heterocycles. The predicted octanol–water partition coefficient (Wildman–Crippen LogP) is 6.11. The summed E-state index contributed by atoms with van der Waals surface area (Å²) in [5, 5.41) is 9.44. The lowest BCUT2D eigenvalue weighted by atomic mass is 10.0. The van der Waals surface area contributed by atoms with Crippen LogP contribution in [0.3, 0.4) is 0 Å². The maximum Gasteiger partial charge on any atom is 0.261 e. The Morgan fingerprint density at radius 1 is 0.773 bits per heavy atom. The number of carbonyl (C=O) groups excluding carboxylic acids is 3. The average molecular weight is 591 g/mol. The summed E-state index contributed by atoms with van der Waals surface area (Å²) in [6, 6.07) is 25.8. The van der Waals surface area contributed by atoms with Crippen LogP contribution in [0, 0.1) is 0 Å². The summed E-state index contributed by atoms with van der Waals surface area (Å²) in [7, 11) is 1.59. The first-order valence-corrected chi connectivity index (χ1v) is 14.7. The highest BCUT2D eigenvalue weighted by molar-refractivity contribution is 6.21. The Labute approximate surface area is 256 Å². The van der Waals surface area contributed by atoms with Gasteiger partial charge in [0.2, 0.25) is 0 Å². The number of aryl methyl sites for hydroxylation is 1. The molecule has 2 atom stereocenters. The van der Waals surface area contributed by atoms with Crippen molar-refractivity contribution in [3.63, 3.8) is 0 Å². The summed E-state index contributed by atoms with van der Waals surface area (Å²) in [6.45, 7) is 3.82. The van der Waals surface area contributed by atoms with Gasteiger partial charge in [-0.25, -0.2) is 0 Å². The Morgan fingerprint density at radius 3 is 2.25 bits per heavy atom. The monoisotopic (exact) mass is 590 g/mol. The van der Waals surface area contributed by atoms with Crippen molar-refractivity contribution in [3.8, 4) is 11.5 Å². The molecule has 2 aliphatic rings. The second kappa shape index (κ2) is 12.0.